The molecule has 3 rings (SSSR count). The summed E-state index contributed by atoms with van der Waals surface area (Å²) in [6.45, 7) is 3.71. The van der Waals surface area contributed by atoms with E-state index >= 15 is 0 Å². The molecule has 0 aliphatic rings. The Bertz CT molecular complexity index is 1160. The summed E-state index contributed by atoms with van der Waals surface area (Å²) in [4.78, 5) is 13.1. The number of carbonyl (C=O) groups excluding carboxylic acids is 1. The van der Waals surface area contributed by atoms with Crippen molar-refractivity contribution in [3.63, 3.8) is 0 Å². The van der Waals surface area contributed by atoms with E-state index in [4.69, 9.17) is 4.74 Å². The van der Waals surface area contributed by atoms with Crippen molar-refractivity contribution in [1.82, 2.24) is 4.31 Å². The van der Waals surface area contributed by atoms with Gasteiger partial charge in [-0.2, -0.15) is 4.31 Å². The Labute approximate surface area is 189 Å². The summed E-state index contributed by atoms with van der Waals surface area (Å²) in [7, 11) is -2.40. The van der Waals surface area contributed by atoms with Crippen LogP contribution in [-0.4, -0.2) is 32.3 Å². The van der Waals surface area contributed by atoms with Gasteiger partial charge in [-0.05, 0) is 54.3 Å². The Morgan fingerprint density at radius 3 is 2.28 bits per heavy atom. The van der Waals surface area contributed by atoms with Gasteiger partial charge in [-0.3, -0.25) is 4.79 Å². The van der Waals surface area contributed by atoms with Gasteiger partial charge in [0.15, 0.2) is 0 Å². The highest BCUT2D eigenvalue weighted by atomic mass is 32.2. The highest BCUT2D eigenvalue weighted by Crippen LogP contribution is 2.23. The van der Waals surface area contributed by atoms with E-state index in [1.165, 1.54) is 23.5 Å². The van der Waals surface area contributed by atoms with Gasteiger partial charge >= 0.3 is 0 Å². The minimum Gasteiger partial charge on any atom is -0.497 e. The fourth-order valence-corrected chi connectivity index (χ4v) is 4.84. The molecule has 0 saturated heterocycles. The number of amides is 1. The number of hydrogen-bond acceptors (Lipinski definition) is 4. The van der Waals surface area contributed by atoms with Crippen LogP contribution in [0.15, 0.2) is 77.7 Å². The zero-order valence-electron chi connectivity index (χ0n) is 18.5. The van der Waals surface area contributed by atoms with Crippen molar-refractivity contribution in [2.45, 2.75) is 31.7 Å². The first-order valence-corrected chi connectivity index (χ1v) is 11.9. The zero-order valence-corrected chi connectivity index (χ0v) is 19.4. The lowest BCUT2D eigenvalue weighted by Gasteiger charge is -2.23. The van der Waals surface area contributed by atoms with Gasteiger partial charge in [0.25, 0.3) is 0 Å². The second-order valence-corrected chi connectivity index (χ2v) is 9.38. The summed E-state index contributed by atoms with van der Waals surface area (Å²) in [5.74, 6) is 0.171. The number of nitrogens with zero attached hydrogens (tertiary/aromatic N) is 1. The van der Waals surface area contributed by atoms with Gasteiger partial charge in [-0.25, -0.2) is 8.42 Å². The smallest absolute Gasteiger partial charge is 0.243 e. The third-order valence-electron chi connectivity index (χ3n) is 5.22. The second kappa shape index (κ2) is 10.4. The number of methoxy groups -OCH3 is 1. The van der Waals surface area contributed by atoms with Crippen LogP contribution in [0.1, 0.15) is 23.6 Å². The van der Waals surface area contributed by atoms with Crippen molar-refractivity contribution in [2.24, 2.45) is 0 Å². The van der Waals surface area contributed by atoms with Gasteiger partial charge in [0.1, 0.15) is 5.75 Å². The fraction of sp³-hybridized carbons (Fsp3) is 0.240. The quantitative estimate of drug-likeness (QED) is 0.522. The molecule has 0 heterocycles. The maximum absolute atomic E-state index is 13.4. The molecule has 0 aliphatic carbocycles. The van der Waals surface area contributed by atoms with E-state index in [0.29, 0.717) is 5.75 Å². The molecule has 0 aromatic heterocycles. The zero-order chi connectivity index (χ0) is 23.1. The molecule has 0 bridgehead atoms. The van der Waals surface area contributed by atoms with Crippen molar-refractivity contribution < 1.29 is 17.9 Å². The van der Waals surface area contributed by atoms with Crippen LogP contribution in [-0.2, 0) is 27.8 Å². The van der Waals surface area contributed by atoms with Crippen LogP contribution >= 0.6 is 0 Å². The Balaban J connectivity index is 1.90. The number of carbonyl (C=O) groups is 1. The van der Waals surface area contributed by atoms with Crippen molar-refractivity contribution >= 4 is 21.6 Å². The Hall–Kier alpha value is -3.16. The Morgan fingerprint density at radius 2 is 1.66 bits per heavy atom. The Kier molecular flexibility index (Phi) is 7.66. The van der Waals surface area contributed by atoms with Crippen LogP contribution in [0, 0.1) is 6.92 Å². The molecule has 3 aromatic rings. The number of sulfonamides is 1. The van der Waals surface area contributed by atoms with Crippen molar-refractivity contribution in [2.75, 3.05) is 19.0 Å². The summed E-state index contributed by atoms with van der Waals surface area (Å²) in [6, 6.07) is 21.2. The number of hydrogen-bond donors (Lipinski definition) is 1. The van der Waals surface area contributed by atoms with E-state index in [0.717, 1.165) is 28.8 Å². The van der Waals surface area contributed by atoms with E-state index in [-0.39, 0.29) is 23.9 Å². The number of para-hydroxylation sites is 1. The molecule has 0 saturated carbocycles. The lowest BCUT2D eigenvalue weighted by Crippen LogP contribution is -2.37. The molecule has 0 atom stereocenters. The molecule has 0 aliphatic heterocycles. The third-order valence-corrected chi connectivity index (χ3v) is 7.03. The second-order valence-electron chi connectivity index (χ2n) is 7.44. The van der Waals surface area contributed by atoms with Crippen LogP contribution in [0.5, 0.6) is 5.75 Å². The summed E-state index contributed by atoms with van der Waals surface area (Å²) in [5.41, 5.74) is 3.47. The summed E-state index contributed by atoms with van der Waals surface area (Å²) in [6.07, 6.45) is 0.759. The lowest BCUT2D eigenvalue weighted by atomic mass is 10.1. The molecule has 0 fully saturated rings. The fourth-order valence-electron chi connectivity index (χ4n) is 3.45. The summed E-state index contributed by atoms with van der Waals surface area (Å²) < 4.78 is 33.2. The molecule has 32 heavy (non-hydrogen) atoms. The van der Waals surface area contributed by atoms with Gasteiger partial charge in [-0.15, -0.1) is 0 Å². The minimum atomic E-state index is -3.92. The average molecular weight is 453 g/mol. The topological polar surface area (TPSA) is 75.7 Å². The van der Waals surface area contributed by atoms with Crippen molar-refractivity contribution in [3.8, 4) is 5.75 Å². The largest absolute Gasteiger partial charge is 0.497 e. The van der Waals surface area contributed by atoms with Gasteiger partial charge < -0.3 is 10.1 Å². The van der Waals surface area contributed by atoms with Gasteiger partial charge in [0, 0.05) is 12.2 Å². The molecular formula is C25H28N2O4S. The molecule has 1 N–H and O–H groups in total. The maximum Gasteiger partial charge on any atom is 0.243 e. The standard InChI is InChI=1S/C25H28N2O4S/c1-4-21-12-8-9-19(2)25(21)26-24(28)18-27(17-20-10-6-5-7-11-20)32(29,30)23-15-13-22(31-3)14-16-23/h5-16H,4,17-18H2,1-3H3,(H,26,28). The highest BCUT2D eigenvalue weighted by Gasteiger charge is 2.27. The molecule has 0 radical (unpaired) electrons. The first kappa shape index (κ1) is 23.5. The predicted molar refractivity (Wildman–Crippen MR) is 126 cm³/mol. The van der Waals surface area contributed by atoms with Gasteiger partial charge in [0.2, 0.25) is 15.9 Å². The number of anilines is 1. The molecule has 0 unspecified atom stereocenters. The van der Waals surface area contributed by atoms with Crippen LogP contribution in [0.25, 0.3) is 0 Å². The van der Waals surface area contributed by atoms with E-state index in [2.05, 4.69) is 5.32 Å². The lowest BCUT2D eigenvalue weighted by molar-refractivity contribution is -0.116. The van der Waals surface area contributed by atoms with Gasteiger partial charge in [0.05, 0.1) is 18.6 Å². The number of ether oxygens (including phenoxy) is 1. The monoisotopic (exact) mass is 452 g/mol. The molecule has 168 valence electrons. The minimum absolute atomic E-state index is 0.0804. The number of nitrogens with one attached hydrogen (secondary N) is 1. The molecule has 7 heteroatoms. The van der Waals surface area contributed by atoms with E-state index < -0.39 is 10.0 Å². The highest BCUT2D eigenvalue weighted by molar-refractivity contribution is 7.89. The summed E-state index contributed by atoms with van der Waals surface area (Å²) in [5, 5.41) is 2.92. The van der Waals surface area contributed by atoms with Crippen LogP contribution in [0.3, 0.4) is 0 Å². The van der Waals surface area contributed by atoms with Crippen molar-refractivity contribution in [3.05, 3.63) is 89.5 Å². The molecule has 3 aromatic carbocycles. The van der Waals surface area contributed by atoms with E-state index in [9.17, 15) is 13.2 Å². The van der Waals surface area contributed by atoms with E-state index in [1.807, 2.05) is 62.4 Å². The van der Waals surface area contributed by atoms with Gasteiger partial charge in [-0.1, -0.05) is 55.5 Å². The third kappa shape index (κ3) is 5.55. The number of aryl methyl sites for hydroxylation is 2. The first-order valence-electron chi connectivity index (χ1n) is 10.4. The molecule has 1 amide bonds. The van der Waals surface area contributed by atoms with Crippen LogP contribution in [0.4, 0.5) is 5.69 Å². The maximum atomic E-state index is 13.4. The summed E-state index contributed by atoms with van der Waals surface area (Å²) >= 11 is 0. The van der Waals surface area contributed by atoms with Crippen LogP contribution < -0.4 is 10.1 Å². The number of rotatable bonds is 9. The Morgan fingerprint density at radius 1 is 0.969 bits per heavy atom. The SMILES string of the molecule is CCc1cccc(C)c1NC(=O)CN(Cc1ccccc1)S(=O)(=O)c1ccc(OC)cc1. The number of benzene rings is 3. The normalized spacial score (nSPS) is 11.4. The van der Waals surface area contributed by atoms with Crippen molar-refractivity contribution in [1.29, 1.82) is 0 Å². The molecule has 0 spiro atoms. The van der Waals surface area contributed by atoms with E-state index in [1.54, 1.807) is 12.1 Å². The molecular weight excluding hydrogens is 424 g/mol. The predicted octanol–water partition coefficient (Wildman–Crippen LogP) is 4.40. The average Bonchev–Trinajstić information content (AvgIpc) is 2.80. The first-order chi connectivity index (χ1) is 15.3. The van der Waals surface area contributed by atoms with Crippen LogP contribution in [0.2, 0.25) is 0 Å². The molecule has 6 nitrogen and oxygen atoms in total.